The van der Waals surface area contributed by atoms with E-state index in [4.69, 9.17) is 5.73 Å². The summed E-state index contributed by atoms with van der Waals surface area (Å²) in [4.78, 5) is 4.10. The van der Waals surface area contributed by atoms with E-state index in [1.165, 1.54) is 0 Å². The Morgan fingerprint density at radius 1 is 1.10 bits per heavy atom. The van der Waals surface area contributed by atoms with E-state index >= 15 is 0 Å². The molecule has 0 bridgehead atoms. The van der Waals surface area contributed by atoms with Crippen LogP contribution < -0.4 is 11.1 Å². The molecule has 4 nitrogen and oxygen atoms in total. The zero-order valence-corrected chi connectivity index (χ0v) is 12.6. The van der Waals surface area contributed by atoms with Gasteiger partial charge in [-0.05, 0) is 36.4 Å². The van der Waals surface area contributed by atoms with E-state index in [2.05, 4.69) is 32.3 Å². The number of benzene rings is 2. The summed E-state index contributed by atoms with van der Waals surface area (Å²) < 4.78 is 0.871. The van der Waals surface area contributed by atoms with Gasteiger partial charge in [0.25, 0.3) is 0 Å². The van der Waals surface area contributed by atoms with Crippen LogP contribution in [0.5, 0.6) is 0 Å². The van der Waals surface area contributed by atoms with Gasteiger partial charge in [-0.3, -0.25) is 4.98 Å². The van der Waals surface area contributed by atoms with E-state index in [1.54, 1.807) is 18.5 Å². The first-order valence-corrected chi connectivity index (χ1v) is 7.07. The Balaban J connectivity index is 2.11. The van der Waals surface area contributed by atoms with E-state index in [0.29, 0.717) is 11.3 Å². The van der Waals surface area contributed by atoms with E-state index in [-0.39, 0.29) is 0 Å². The normalized spacial score (nSPS) is 10.3. The topological polar surface area (TPSA) is 74.7 Å². The Bertz CT molecular complexity index is 868. The zero-order valence-electron chi connectivity index (χ0n) is 11.0. The molecule has 0 fully saturated rings. The molecular weight excluding hydrogens is 328 g/mol. The second-order valence-electron chi connectivity index (χ2n) is 4.55. The van der Waals surface area contributed by atoms with Gasteiger partial charge in [-0.2, -0.15) is 5.26 Å². The number of nitriles is 1. The number of halogens is 1. The lowest BCUT2D eigenvalue weighted by Crippen LogP contribution is -1.96. The van der Waals surface area contributed by atoms with Crippen LogP contribution in [0.15, 0.2) is 53.3 Å². The molecule has 0 radical (unpaired) electrons. The third-order valence-corrected chi connectivity index (χ3v) is 3.72. The van der Waals surface area contributed by atoms with Gasteiger partial charge in [-0.15, -0.1) is 0 Å². The van der Waals surface area contributed by atoms with Crippen molar-refractivity contribution < 1.29 is 0 Å². The summed E-state index contributed by atoms with van der Waals surface area (Å²) in [5.41, 5.74) is 8.86. The maximum absolute atomic E-state index is 9.24. The quantitative estimate of drug-likeness (QED) is 0.687. The minimum atomic E-state index is 0.573. The maximum Gasteiger partial charge on any atom is 0.101 e. The summed E-state index contributed by atoms with van der Waals surface area (Å²) >= 11 is 3.37. The summed E-state index contributed by atoms with van der Waals surface area (Å²) in [6.45, 7) is 0. The van der Waals surface area contributed by atoms with Gasteiger partial charge in [0, 0.05) is 39.0 Å². The van der Waals surface area contributed by atoms with Gasteiger partial charge in [0.1, 0.15) is 6.07 Å². The van der Waals surface area contributed by atoms with Crippen LogP contribution in [-0.4, -0.2) is 4.98 Å². The summed E-state index contributed by atoms with van der Waals surface area (Å²) in [5.74, 6) is 0. The second-order valence-corrected chi connectivity index (χ2v) is 5.47. The maximum atomic E-state index is 9.24. The number of hydrogen-bond acceptors (Lipinski definition) is 4. The third-order valence-electron chi connectivity index (χ3n) is 3.22. The molecule has 0 aliphatic heterocycles. The summed E-state index contributed by atoms with van der Waals surface area (Å²) in [6, 6.07) is 13.4. The number of anilines is 3. The van der Waals surface area contributed by atoms with E-state index in [1.807, 2.05) is 30.3 Å². The molecular formula is C16H11BrN4. The number of nitrogens with two attached hydrogens (primary N) is 1. The average Bonchev–Trinajstić information content (AvgIpc) is 2.52. The van der Waals surface area contributed by atoms with Crippen molar-refractivity contribution in [3.63, 3.8) is 0 Å². The Labute approximate surface area is 130 Å². The van der Waals surface area contributed by atoms with Gasteiger partial charge in [0.2, 0.25) is 0 Å². The first-order chi connectivity index (χ1) is 10.2. The van der Waals surface area contributed by atoms with Gasteiger partial charge in [0.15, 0.2) is 0 Å². The van der Waals surface area contributed by atoms with Crippen LogP contribution in [0, 0.1) is 11.3 Å². The van der Waals surface area contributed by atoms with Gasteiger partial charge in [-0.25, -0.2) is 0 Å². The number of pyridine rings is 1. The molecule has 3 rings (SSSR count). The molecule has 5 heteroatoms. The summed E-state index contributed by atoms with van der Waals surface area (Å²) in [7, 11) is 0. The Morgan fingerprint density at radius 3 is 2.71 bits per heavy atom. The molecule has 21 heavy (non-hydrogen) atoms. The van der Waals surface area contributed by atoms with Crippen molar-refractivity contribution in [2.24, 2.45) is 0 Å². The molecule has 0 amide bonds. The Morgan fingerprint density at radius 2 is 1.90 bits per heavy atom. The lowest BCUT2D eigenvalue weighted by molar-refractivity contribution is 1.36. The lowest BCUT2D eigenvalue weighted by atomic mass is 10.1. The smallest absolute Gasteiger partial charge is 0.101 e. The van der Waals surface area contributed by atoms with E-state index < -0.39 is 0 Å². The predicted molar refractivity (Wildman–Crippen MR) is 88.3 cm³/mol. The monoisotopic (exact) mass is 338 g/mol. The molecule has 0 saturated heterocycles. The SMILES string of the molecule is N#Cc1cc(Br)ccc1Nc1ccc(N)c2cnccc12. The van der Waals surface area contributed by atoms with E-state index in [9.17, 15) is 5.26 Å². The highest BCUT2D eigenvalue weighted by atomic mass is 79.9. The number of nitrogens with zero attached hydrogens (tertiary/aromatic N) is 2. The van der Waals surface area contributed by atoms with Gasteiger partial charge in [0.05, 0.1) is 11.3 Å². The Kier molecular flexibility index (Phi) is 3.46. The largest absolute Gasteiger partial charge is 0.398 e. The van der Waals surface area contributed by atoms with Crippen molar-refractivity contribution in [2.45, 2.75) is 0 Å². The molecule has 0 saturated carbocycles. The minimum absolute atomic E-state index is 0.573. The summed E-state index contributed by atoms with van der Waals surface area (Å²) in [5, 5.41) is 14.4. The van der Waals surface area contributed by atoms with Crippen LogP contribution in [-0.2, 0) is 0 Å². The fraction of sp³-hybridized carbons (Fsp3) is 0. The Hall–Kier alpha value is -2.58. The first-order valence-electron chi connectivity index (χ1n) is 6.28. The van der Waals surface area contributed by atoms with Gasteiger partial charge < -0.3 is 11.1 Å². The highest BCUT2D eigenvalue weighted by Gasteiger charge is 2.07. The number of aromatic nitrogens is 1. The fourth-order valence-electron chi connectivity index (χ4n) is 2.18. The highest BCUT2D eigenvalue weighted by molar-refractivity contribution is 9.10. The zero-order chi connectivity index (χ0) is 14.8. The fourth-order valence-corrected chi connectivity index (χ4v) is 2.55. The third kappa shape index (κ3) is 2.54. The number of hydrogen-bond donors (Lipinski definition) is 2. The molecule has 2 aromatic carbocycles. The number of rotatable bonds is 2. The lowest BCUT2D eigenvalue weighted by Gasteiger charge is -2.12. The molecule has 3 N–H and O–H groups in total. The van der Waals surface area contributed by atoms with Crippen molar-refractivity contribution in [1.29, 1.82) is 5.26 Å². The molecule has 0 aliphatic carbocycles. The van der Waals surface area contributed by atoms with Crippen molar-refractivity contribution in [3.05, 3.63) is 58.8 Å². The van der Waals surface area contributed by atoms with Crippen LogP contribution in [0.25, 0.3) is 10.8 Å². The standard InChI is InChI=1S/C16H11BrN4/c17-11-1-3-15(10(7-11)8-18)21-16-4-2-14(19)13-9-20-6-5-12(13)16/h1-7,9,21H,19H2. The highest BCUT2D eigenvalue weighted by Crippen LogP contribution is 2.31. The molecule has 1 heterocycles. The van der Waals surface area contributed by atoms with Crippen LogP contribution in [0.3, 0.4) is 0 Å². The molecule has 3 aromatic rings. The molecule has 0 unspecified atom stereocenters. The van der Waals surface area contributed by atoms with Crippen molar-refractivity contribution >= 4 is 43.8 Å². The first kappa shape index (κ1) is 13.4. The van der Waals surface area contributed by atoms with Crippen LogP contribution >= 0.6 is 15.9 Å². The average molecular weight is 339 g/mol. The van der Waals surface area contributed by atoms with Crippen molar-refractivity contribution in [2.75, 3.05) is 11.1 Å². The number of nitrogen functional groups attached to an aromatic ring is 1. The number of nitrogens with one attached hydrogen (secondary N) is 1. The predicted octanol–water partition coefficient (Wildman–Crippen LogP) is 4.19. The molecule has 0 atom stereocenters. The van der Waals surface area contributed by atoms with Crippen molar-refractivity contribution in [3.8, 4) is 6.07 Å². The van der Waals surface area contributed by atoms with Gasteiger partial charge in [-0.1, -0.05) is 15.9 Å². The molecule has 1 aromatic heterocycles. The van der Waals surface area contributed by atoms with Gasteiger partial charge >= 0.3 is 0 Å². The minimum Gasteiger partial charge on any atom is -0.398 e. The molecule has 0 aliphatic rings. The number of fused-ring (bicyclic) bond motifs is 1. The van der Waals surface area contributed by atoms with Crippen molar-refractivity contribution in [1.82, 2.24) is 4.98 Å². The van der Waals surface area contributed by atoms with Crippen LogP contribution in [0.2, 0.25) is 0 Å². The van der Waals surface area contributed by atoms with E-state index in [0.717, 1.165) is 26.6 Å². The molecule has 102 valence electrons. The second kappa shape index (κ2) is 5.43. The van der Waals surface area contributed by atoms with Crippen LogP contribution in [0.4, 0.5) is 17.1 Å². The molecule has 0 spiro atoms. The van der Waals surface area contributed by atoms with Crippen LogP contribution in [0.1, 0.15) is 5.56 Å². The summed E-state index contributed by atoms with van der Waals surface area (Å²) in [6.07, 6.45) is 3.46.